The Hall–Kier alpha value is -3.64. The van der Waals surface area contributed by atoms with Gasteiger partial charge in [0.15, 0.2) is 0 Å². The summed E-state index contributed by atoms with van der Waals surface area (Å²) in [6, 6.07) is 20.6. The van der Waals surface area contributed by atoms with Crippen molar-refractivity contribution in [3.05, 3.63) is 124 Å². The smallest absolute Gasteiger partial charge is 0.349 e. The van der Waals surface area contributed by atoms with Gasteiger partial charge in [0.2, 0.25) is 0 Å². The zero-order valence-electron chi connectivity index (χ0n) is 18.5. The van der Waals surface area contributed by atoms with E-state index in [-0.39, 0.29) is 5.56 Å². The summed E-state index contributed by atoms with van der Waals surface area (Å²) in [6.07, 6.45) is 0.795. The van der Waals surface area contributed by atoms with E-state index >= 15 is 0 Å². The molecule has 0 spiro atoms. The molecule has 178 valence electrons. The van der Waals surface area contributed by atoms with E-state index in [1.165, 1.54) is 5.56 Å². The van der Waals surface area contributed by atoms with Crippen molar-refractivity contribution in [2.45, 2.75) is 19.3 Å². The summed E-state index contributed by atoms with van der Waals surface area (Å²) in [4.78, 5) is 12.3. The highest BCUT2D eigenvalue weighted by atomic mass is 35.5. The van der Waals surface area contributed by atoms with E-state index in [0.29, 0.717) is 23.6 Å². The highest BCUT2D eigenvalue weighted by Crippen LogP contribution is 2.29. The fourth-order valence-electron chi connectivity index (χ4n) is 3.77. The molecule has 0 saturated heterocycles. The van der Waals surface area contributed by atoms with Gasteiger partial charge in [0.05, 0.1) is 0 Å². The quantitative estimate of drug-likeness (QED) is 0.116. The minimum absolute atomic E-state index is 0.225. The van der Waals surface area contributed by atoms with Crippen LogP contribution in [0.25, 0.3) is 11.1 Å². The van der Waals surface area contributed by atoms with Gasteiger partial charge in [-0.15, -0.1) is 0 Å². The van der Waals surface area contributed by atoms with E-state index in [2.05, 4.69) is 19.1 Å². The molecule has 0 aliphatic heterocycles. The Morgan fingerprint density at radius 2 is 1.37 bits per heavy atom. The van der Waals surface area contributed by atoms with Crippen LogP contribution in [0.4, 0.5) is 17.6 Å². The molecule has 7 heteroatoms. The van der Waals surface area contributed by atoms with Crippen LogP contribution in [0.3, 0.4) is 0 Å². The number of carbonyl (C=O) groups excluding carboxylic acids is 1. The molecule has 0 amide bonds. The Morgan fingerprint density at radius 1 is 0.800 bits per heavy atom. The molecular weight excluding hydrogens is 480 g/mol. The summed E-state index contributed by atoms with van der Waals surface area (Å²) >= 11 is 5.38. The lowest BCUT2D eigenvalue weighted by atomic mass is 9.93. The molecule has 0 aliphatic carbocycles. The molecule has 0 radical (unpaired) electrons. The van der Waals surface area contributed by atoms with Gasteiger partial charge >= 0.3 is 5.97 Å². The first kappa shape index (κ1) is 24.5. The highest BCUT2D eigenvalue weighted by molar-refractivity contribution is 6.30. The van der Waals surface area contributed by atoms with E-state index < -0.39 is 45.6 Å². The third-order valence-corrected chi connectivity index (χ3v) is 5.97. The predicted molar refractivity (Wildman–Crippen MR) is 127 cm³/mol. The third-order valence-electron chi connectivity index (χ3n) is 5.61. The minimum Gasteiger partial charge on any atom is -0.423 e. The first-order chi connectivity index (χ1) is 16.7. The van der Waals surface area contributed by atoms with Crippen LogP contribution in [0.1, 0.15) is 34.3 Å². The minimum atomic E-state index is -1.43. The molecule has 35 heavy (non-hydrogen) atoms. The standard InChI is InChI=1S/C28H19ClF4O2/c1-16(18-5-3-2-4-6-18)11-17-7-9-19(10-8-17)20-12-22(30)26(23(31)13-20)28(34)35-21-14-24(32)27(29)25(33)15-21/h2-10,12-16H,11H2,1H3/t16-/m0/s1. The Kier molecular flexibility index (Phi) is 7.22. The summed E-state index contributed by atoms with van der Waals surface area (Å²) < 4.78 is 61.3. The molecule has 0 bridgehead atoms. The van der Waals surface area contributed by atoms with Crippen molar-refractivity contribution in [1.29, 1.82) is 0 Å². The van der Waals surface area contributed by atoms with Gasteiger partial charge in [-0.3, -0.25) is 0 Å². The van der Waals surface area contributed by atoms with Crippen molar-refractivity contribution >= 4 is 17.6 Å². The van der Waals surface area contributed by atoms with Crippen molar-refractivity contribution in [3.8, 4) is 16.9 Å². The van der Waals surface area contributed by atoms with E-state index in [0.717, 1.165) is 24.1 Å². The summed E-state index contributed by atoms with van der Waals surface area (Å²) in [5.74, 6) is -6.39. The maximum absolute atomic E-state index is 14.7. The first-order valence-corrected chi connectivity index (χ1v) is 11.1. The van der Waals surface area contributed by atoms with Crippen molar-refractivity contribution in [2.75, 3.05) is 0 Å². The first-order valence-electron chi connectivity index (χ1n) is 10.7. The Labute approximate surface area is 204 Å². The summed E-state index contributed by atoms with van der Waals surface area (Å²) in [6.45, 7) is 2.12. The maximum Gasteiger partial charge on any atom is 0.349 e. The number of ether oxygens (including phenoxy) is 1. The molecule has 0 fully saturated rings. The molecule has 0 saturated carbocycles. The Balaban J connectivity index is 1.52. The van der Waals surface area contributed by atoms with E-state index in [1.807, 2.05) is 30.3 Å². The molecule has 2 nitrogen and oxygen atoms in total. The van der Waals surface area contributed by atoms with Crippen LogP contribution in [-0.2, 0) is 6.42 Å². The van der Waals surface area contributed by atoms with Crippen molar-refractivity contribution in [2.24, 2.45) is 0 Å². The van der Waals surface area contributed by atoms with Crippen LogP contribution in [-0.4, -0.2) is 5.97 Å². The lowest BCUT2D eigenvalue weighted by Gasteiger charge is -2.13. The second-order valence-corrected chi connectivity index (χ2v) is 8.50. The van der Waals surface area contributed by atoms with Gasteiger partial charge in [0.25, 0.3) is 0 Å². The van der Waals surface area contributed by atoms with Gasteiger partial charge < -0.3 is 4.74 Å². The van der Waals surface area contributed by atoms with E-state index in [1.54, 1.807) is 12.1 Å². The second-order valence-electron chi connectivity index (χ2n) is 8.12. The Bertz CT molecular complexity index is 1330. The topological polar surface area (TPSA) is 26.3 Å². The maximum atomic E-state index is 14.7. The van der Waals surface area contributed by atoms with Crippen LogP contribution in [0.2, 0.25) is 5.02 Å². The van der Waals surface area contributed by atoms with Crippen LogP contribution in [0.15, 0.2) is 78.9 Å². The van der Waals surface area contributed by atoms with E-state index in [4.69, 9.17) is 16.3 Å². The molecule has 4 rings (SSSR count). The normalized spacial score (nSPS) is 11.8. The molecule has 0 unspecified atom stereocenters. The number of hydrogen-bond donors (Lipinski definition) is 0. The van der Waals surface area contributed by atoms with Crippen molar-refractivity contribution < 1.29 is 27.1 Å². The monoisotopic (exact) mass is 498 g/mol. The van der Waals surface area contributed by atoms with Crippen LogP contribution >= 0.6 is 11.6 Å². The molecule has 0 N–H and O–H groups in total. The van der Waals surface area contributed by atoms with Crippen LogP contribution in [0, 0.1) is 23.3 Å². The van der Waals surface area contributed by atoms with Crippen molar-refractivity contribution in [1.82, 2.24) is 0 Å². The van der Waals surface area contributed by atoms with Gasteiger partial charge in [-0.2, -0.15) is 0 Å². The average Bonchev–Trinajstić information content (AvgIpc) is 2.83. The third kappa shape index (κ3) is 5.54. The summed E-state index contributed by atoms with van der Waals surface area (Å²) in [5.41, 5.74) is 2.09. The number of rotatable bonds is 6. The van der Waals surface area contributed by atoms with Gasteiger partial charge in [0, 0.05) is 12.1 Å². The molecule has 0 heterocycles. The van der Waals surface area contributed by atoms with Crippen LogP contribution < -0.4 is 4.74 Å². The molecule has 4 aromatic carbocycles. The average molecular weight is 499 g/mol. The summed E-state index contributed by atoms with van der Waals surface area (Å²) in [5, 5.41) is -0.785. The van der Waals surface area contributed by atoms with Gasteiger partial charge in [-0.05, 0) is 46.7 Å². The fraction of sp³-hybridized carbons (Fsp3) is 0.107. The number of esters is 1. The van der Waals surface area contributed by atoms with E-state index in [9.17, 15) is 22.4 Å². The highest BCUT2D eigenvalue weighted by Gasteiger charge is 2.22. The van der Waals surface area contributed by atoms with Crippen LogP contribution in [0.5, 0.6) is 5.75 Å². The molecular formula is C28H19ClF4O2. The fourth-order valence-corrected chi connectivity index (χ4v) is 3.88. The molecule has 0 aromatic heterocycles. The number of benzene rings is 4. The Morgan fingerprint density at radius 3 is 1.94 bits per heavy atom. The van der Waals surface area contributed by atoms with Gasteiger partial charge in [0.1, 0.15) is 39.6 Å². The number of hydrogen-bond acceptors (Lipinski definition) is 2. The zero-order chi connectivity index (χ0) is 25.1. The number of carbonyl (C=O) groups is 1. The lowest BCUT2D eigenvalue weighted by molar-refractivity contribution is 0.0724. The predicted octanol–water partition coefficient (Wildman–Crippen LogP) is 8.13. The largest absolute Gasteiger partial charge is 0.423 e. The number of halogens is 5. The lowest BCUT2D eigenvalue weighted by Crippen LogP contribution is -2.14. The zero-order valence-corrected chi connectivity index (χ0v) is 19.3. The molecule has 4 aromatic rings. The van der Waals surface area contributed by atoms with Gasteiger partial charge in [-0.1, -0.05) is 73.1 Å². The van der Waals surface area contributed by atoms with Gasteiger partial charge in [-0.25, -0.2) is 22.4 Å². The SMILES string of the molecule is C[C@@H](Cc1ccc(-c2cc(F)c(C(=O)Oc3cc(F)c(Cl)c(F)c3)c(F)c2)cc1)c1ccccc1. The molecule has 0 aliphatic rings. The summed E-state index contributed by atoms with van der Waals surface area (Å²) in [7, 11) is 0. The van der Waals surface area contributed by atoms with Crippen molar-refractivity contribution in [3.63, 3.8) is 0 Å². The molecule has 1 atom stereocenters. The second kappa shape index (κ2) is 10.3.